The first-order chi connectivity index (χ1) is 9.37. The summed E-state index contributed by atoms with van der Waals surface area (Å²) in [5.74, 6) is -0.763. The Hall–Kier alpha value is -1.75. The Morgan fingerprint density at radius 2 is 1.95 bits per heavy atom. The molecule has 1 atom stereocenters. The van der Waals surface area contributed by atoms with Gasteiger partial charge >= 0.3 is 5.97 Å². The van der Waals surface area contributed by atoms with E-state index >= 15 is 0 Å². The van der Waals surface area contributed by atoms with Crippen LogP contribution in [0, 0.1) is 5.41 Å². The molecule has 0 aliphatic rings. The summed E-state index contributed by atoms with van der Waals surface area (Å²) >= 11 is 5.73. The second kappa shape index (κ2) is 7.14. The predicted octanol–water partition coefficient (Wildman–Crippen LogP) is 2.34. The van der Waals surface area contributed by atoms with Crippen molar-refractivity contribution in [1.29, 1.82) is 0 Å². The lowest BCUT2D eigenvalue weighted by molar-refractivity contribution is -0.148. The van der Waals surface area contributed by atoms with Crippen molar-refractivity contribution >= 4 is 23.5 Å². The van der Waals surface area contributed by atoms with Crippen LogP contribution in [0.1, 0.15) is 20.3 Å². The Morgan fingerprint density at radius 1 is 1.35 bits per heavy atom. The van der Waals surface area contributed by atoms with Crippen LogP contribution in [-0.4, -0.2) is 30.1 Å². The largest absolute Gasteiger partial charge is 0.484 e. The summed E-state index contributed by atoms with van der Waals surface area (Å²) in [7, 11) is 0. The Labute approximate surface area is 122 Å². The van der Waals surface area contributed by atoms with E-state index in [-0.39, 0.29) is 19.1 Å². The molecule has 0 radical (unpaired) electrons. The average Bonchev–Trinajstić information content (AvgIpc) is 2.43. The molecule has 0 aliphatic heterocycles. The number of halogens is 1. The van der Waals surface area contributed by atoms with E-state index < -0.39 is 11.4 Å². The highest BCUT2D eigenvalue weighted by molar-refractivity contribution is 6.30. The van der Waals surface area contributed by atoms with Crippen LogP contribution in [0.3, 0.4) is 0 Å². The number of benzene rings is 1. The van der Waals surface area contributed by atoms with Crippen molar-refractivity contribution in [1.82, 2.24) is 5.32 Å². The first-order valence-corrected chi connectivity index (χ1v) is 6.63. The number of carboxylic acid groups (broad SMARTS) is 1. The van der Waals surface area contributed by atoms with Crippen molar-refractivity contribution < 1.29 is 19.4 Å². The van der Waals surface area contributed by atoms with E-state index in [1.165, 1.54) is 0 Å². The SMILES string of the molecule is CCC(C)(CNC(=O)COc1ccc(Cl)cc1)C(=O)O. The van der Waals surface area contributed by atoms with Crippen LogP contribution in [0.2, 0.25) is 5.02 Å². The third-order valence-corrected chi connectivity index (χ3v) is 3.41. The maximum Gasteiger partial charge on any atom is 0.311 e. The van der Waals surface area contributed by atoms with Gasteiger partial charge in [-0.15, -0.1) is 0 Å². The molecule has 0 saturated heterocycles. The van der Waals surface area contributed by atoms with E-state index in [1.807, 2.05) is 0 Å². The van der Waals surface area contributed by atoms with E-state index in [4.69, 9.17) is 21.4 Å². The van der Waals surface area contributed by atoms with Gasteiger partial charge in [0, 0.05) is 11.6 Å². The monoisotopic (exact) mass is 299 g/mol. The minimum absolute atomic E-state index is 0.0711. The molecular weight excluding hydrogens is 282 g/mol. The highest BCUT2D eigenvalue weighted by atomic mass is 35.5. The molecule has 0 bridgehead atoms. The van der Waals surface area contributed by atoms with Gasteiger partial charge in [-0.1, -0.05) is 18.5 Å². The van der Waals surface area contributed by atoms with Gasteiger partial charge in [0.2, 0.25) is 0 Å². The molecular formula is C14H18ClNO4. The minimum atomic E-state index is -0.962. The van der Waals surface area contributed by atoms with E-state index in [9.17, 15) is 9.59 Å². The van der Waals surface area contributed by atoms with Crippen LogP contribution < -0.4 is 10.1 Å². The van der Waals surface area contributed by atoms with Crippen molar-refractivity contribution in [2.24, 2.45) is 5.41 Å². The number of hydrogen-bond donors (Lipinski definition) is 2. The molecule has 0 aliphatic carbocycles. The molecule has 0 spiro atoms. The fourth-order valence-corrected chi connectivity index (χ4v) is 1.50. The van der Waals surface area contributed by atoms with Gasteiger partial charge in [-0.2, -0.15) is 0 Å². The van der Waals surface area contributed by atoms with Crippen LogP contribution in [-0.2, 0) is 9.59 Å². The third kappa shape index (κ3) is 4.74. The first kappa shape index (κ1) is 16.3. The number of ether oxygens (including phenoxy) is 1. The van der Waals surface area contributed by atoms with Crippen molar-refractivity contribution in [3.8, 4) is 5.75 Å². The molecule has 6 heteroatoms. The molecule has 1 aromatic rings. The number of amides is 1. The van der Waals surface area contributed by atoms with E-state index in [1.54, 1.807) is 38.1 Å². The highest BCUT2D eigenvalue weighted by Crippen LogP contribution is 2.20. The molecule has 1 unspecified atom stereocenters. The summed E-state index contributed by atoms with van der Waals surface area (Å²) < 4.78 is 5.26. The molecule has 0 heterocycles. The van der Waals surface area contributed by atoms with Crippen molar-refractivity contribution in [2.75, 3.05) is 13.2 Å². The highest BCUT2D eigenvalue weighted by Gasteiger charge is 2.31. The van der Waals surface area contributed by atoms with Crippen LogP contribution in [0.15, 0.2) is 24.3 Å². The van der Waals surface area contributed by atoms with Crippen molar-refractivity contribution in [3.05, 3.63) is 29.3 Å². The van der Waals surface area contributed by atoms with E-state index in [0.29, 0.717) is 17.2 Å². The quantitative estimate of drug-likeness (QED) is 0.810. The lowest BCUT2D eigenvalue weighted by atomic mass is 9.88. The maximum absolute atomic E-state index is 11.6. The summed E-state index contributed by atoms with van der Waals surface area (Å²) in [6.45, 7) is 3.27. The Kier molecular flexibility index (Phi) is 5.82. The van der Waals surface area contributed by atoms with Gasteiger partial charge in [0.15, 0.2) is 6.61 Å². The molecule has 110 valence electrons. The molecule has 0 fully saturated rings. The van der Waals surface area contributed by atoms with E-state index in [2.05, 4.69) is 5.32 Å². The first-order valence-electron chi connectivity index (χ1n) is 6.26. The number of carbonyl (C=O) groups is 2. The van der Waals surface area contributed by atoms with Crippen molar-refractivity contribution in [2.45, 2.75) is 20.3 Å². The summed E-state index contributed by atoms with van der Waals surface area (Å²) in [6.07, 6.45) is 0.431. The molecule has 1 aromatic carbocycles. The number of hydrogen-bond acceptors (Lipinski definition) is 3. The molecule has 0 aromatic heterocycles. The normalized spacial score (nSPS) is 13.3. The third-order valence-electron chi connectivity index (χ3n) is 3.16. The van der Waals surface area contributed by atoms with Crippen LogP contribution in [0.25, 0.3) is 0 Å². The lowest BCUT2D eigenvalue weighted by Gasteiger charge is -2.23. The van der Waals surface area contributed by atoms with Crippen molar-refractivity contribution in [3.63, 3.8) is 0 Å². The van der Waals surface area contributed by atoms with Gasteiger partial charge in [0.1, 0.15) is 5.75 Å². The Bertz CT molecular complexity index is 475. The van der Waals surface area contributed by atoms with Gasteiger partial charge < -0.3 is 15.2 Å². The molecule has 1 rings (SSSR count). The van der Waals surface area contributed by atoms with Gasteiger partial charge in [-0.25, -0.2) is 0 Å². The number of rotatable bonds is 7. The van der Waals surface area contributed by atoms with Gasteiger partial charge in [0.05, 0.1) is 5.41 Å². The maximum atomic E-state index is 11.6. The zero-order chi connectivity index (χ0) is 15.2. The Morgan fingerprint density at radius 3 is 2.45 bits per heavy atom. The minimum Gasteiger partial charge on any atom is -0.484 e. The van der Waals surface area contributed by atoms with Crippen LogP contribution in [0.5, 0.6) is 5.75 Å². The topological polar surface area (TPSA) is 75.6 Å². The number of aliphatic carboxylic acids is 1. The standard InChI is InChI=1S/C14H18ClNO4/c1-3-14(2,13(18)19)9-16-12(17)8-20-11-6-4-10(15)5-7-11/h4-7H,3,8-9H2,1-2H3,(H,16,17)(H,18,19). The lowest BCUT2D eigenvalue weighted by Crippen LogP contribution is -2.42. The number of nitrogens with one attached hydrogen (secondary N) is 1. The molecule has 2 N–H and O–H groups in total. The summed E-state index contributed by atoms with van der Waals surface area (Å²) in [5, 5.41) is 12.2. The molecule has 20 heavy (non-hydrogen) atoms. The fourth-order valence-electron chi connectivity index (χ4n) is 1.38. The van der Waals surface area contributed by atoms with Gasteiger partial charge in [0.25, 0.3) is 5.91 Å². The summed E-state index contributed by atoms with van der Waals surface area (Å²) in [4.78, 5) is 22.7. The smallest absolute Gasteiger partial charge is 0.311 e. The van der Waals surface area contributed by atoms with Gasteiger partial charge in [-0.3, -0.25) is 9.59 Å². The zero-order valence-corrected chi connectivity index (χ0v) is 12.2. The average molecular weight is 300 g/mol. The second-order valence-corrected chi connectivity index (χ2v) is 5.18. The zero-order valence-electron chi connectivity index (χ0n) is 11.5. The van der Waals surface area contributed by atoms with E-state index in [0.717, 1.165) is 0 Å². The number of carbonyl (C=O) groups excluding carboxylic acids is 1. The second-order valence-electron chi connectivity index (χ2n) is 4.74. The Balaban J connectivity index is 2.41. The molecule has 5 nitrogen and oxygen atoms in total. The van der Waals surface area contributed by atoms with Crippen LogP contribution >= 0.6 is 11.6 Å². The molecule has 1 amide bonds. The predicted molar refractivity (Wildman–Crippen MR) is 76.0 cm³/mol. The fraction of sp³-hybridized carbons (Fsp3) is 0.429. The molecule has 0 saturated carbocycles. The van der Waals surface area contributed by atoms with Crippen LogP contribution in [0.4, 0.5) is 0 Å². The summed E-state index contributed by atoms with van der Waals surface area (Å²) in [6, 6.07) is 6.63. The van der Waals surface area contributed by atoms with Gasteiger partial charge in [-0.05, 0) is 37.6 Å². The number of carboxylic acids is 1. The summed E-state index contributed by atoms with van der Waals surface area (Å²) in [5.41, 5.74) is -0.962.